The molecule has 1 heterocycles. The van der Waals surface area contributed by atoms with Gasteiger partial charge >= 0.3 is 0 Å². The Hall–Kier alpha value is -3.85. The minimum absolute atomic E-state index is 0.00275. The summed E-state index contributed by atoms with van der Waals surface area (Å²) in [4.78, 5) is 14.1. The minimum Gasteiger partial charge on any atom is -0.213 e. The first kappa shape index (κ1) is 28.7. The van der Waals surface area contributed by atoms with Crippen molar-refractivity contribution in [1.82, 2.24) is 15.0 Å². The molecule has 0 bridgehead atoms. The molecular weight excluding hydrogens is 462 g/mol. The van der Waals surface area contributed by atoms with Crippen molar-refractivity contribution in [3.8, 4) is 0 Å². The van der Waals surface area contributed by atoms with Gasteiger partial charge in [0, 0.05) is 16.6 Å². The van der Waals surface area contributed by atoms with Gasteiger partial charge in [0.25, 0.3) is 0 Å². The lowest BCUT2D eigenvalue weighted by molar-refractivity contribution is 0.639. The van der Waals surface area contributed by atoms with Crippen molar-refractivity contribution < 1.29 is 0 Å². The Bertz CT molecular complexity index is 1440. The summed E-state index contributed by atoms with van der Waals surface area (Å²) in [6, 6.07) is 8.65. The van der Waals surface area contributed by atoms with E-state index < -0.39 is 0 Å². The zero-order valence-corrected chi connectivity index (χ0v) is 24.3. The van der Waals surface area contributed by atoms with Crippen LogP contribution in [-0.2, 0) is 5.41 Å². The van der Waals surface area contributed by atoms with Gasteiger partial charge in [-0.2, -0.15) is 0 Å². The highest BCUT2D eigenvalue weighted by molar-refractivity contribution is 5.89. The number of aryl methyl sites for hydroxylation is 1. The number of rotatable bonds is 9. The standard InChI is InChI=1S/C35H41N3/c1-11-16-29(17-12-2)23(4)20-21-28(13-3)34-37-27(8)36-33(38-34)25(6)24(5)22-31-26(7)35(9,10)32-19-15-14-18-30(31)32/h11,13-22H,4,6,12H2,1-3,5,7-10H3/b16-11-,21-20-,24-22+,28-13+,29-17+. The van der Waals surface area contributed by atoms with Crippen LogP contribution in [0.5, 0.6) is 0 Å². The molecule has 1 aliphatic rings. The van der Waals surface area contributed by atoms with E-state index in [-0.39, 0.29) is 5.41 Å². The molecule has 38 heavy (non-hydrogen) atoms. The molecule has 0 saturated heterocycles. The van der Waals surface area contributed by atoms with Crippen molar-refractivity contribution >= 4 is 16.7 Å². The van der Waals surface area contributed by atoms with Crippen molar-refractivity contribution in [1.29, 1.82) is 0 Å². The molecule has 0 spiro atoms. The van der Waals surface area contributed by atoms with Crippen LogP contribution in [0.25, 0.3) is 16.7 Å². The Kier molecular flexibility index (Phi) is 9.17. The van der Waals surface area contributed by atoms with Crippen LogP contribution in [0.4, 0.5) is 0 Å². The second kappa shape index (κ2) is 12.1. The third-order valence-electron chi connectivity index (χ3n) is 7.26. The van der Waals surface area contributed by atoms with Gasteiger partial charge in [-0.25, -0.2) is 15.0 Å². The lowest BCUT2D eigenvalue weighted by Gasteiger charge is -2.22. The van der Waals surface area contributed by atoms with E-state index >= 15 is 0 Å². The van der Waals surface area contributed by atoms with Gasteiger partial charge < -0.3 is 0 Å². The van der Waals surface area contributed by atoms with Crippen LogP contribution in [-0.4, -0.2) is 15.0 Å². The Balaban J connectivity index is 1.95. The predicted octanol–water partition coefficient (Wildman–Crippen LogP) is 9.33. The van der Waals surface area contributed by atoms with E-state index in [1.807, 2.05) is 45.1 Å². The molecule has 1 aromatic heterocycles. The molecule has 0 saturated carbocycles. The Morgan fingerprint density at radius 3 is 2.29 bits per heavy atom. The van der Waals surface area contributed by atoms with Gasteiger partial charge in [0.2, 0.25) is 0 Å². The van der Waals surface area contributed by atoms with Gasteiger partial charge in [0.05, 0.1) is 0 Å². The summed E-state index contributed by atoms with van der Waals surface area (Å²) >= 11 is 0. The molecule has 2 aromatic rings. The van der Waals surface area contributed by atoms with E-state index in [9.17, 15) is 0 Å². The molecule has 1 aromatic carbocycles. The van der Waals surface area contributed by atoms with Crippen molar-refractivity contribution in [2.24, 2.45) is 0 Å². The summed E-state index contributed by atoms with van der Waals surface area (Å²) in [7, 11) is 0. The SMILES string of the molecule is C=C(/C=C\C(=C/C)c1nc(C)nc(C(=C)/C(C)=C/C2=C(C)C(C)(C)c3ccccc32)n1)C(/C=C\C)=C/CC. The number of hydrogen-bond donors (Lipinski definition) is 0. The maximum Gasteiger partial charge on any atom is 0.163 e. The fraction of sp³-hybridized carbons (Fsp3) is 0.286. The van der Waals surface area contributed by atoms with Gasteiger partial charge in [0.15, 0.2) is 11.6 Å². The van der Waals surface area contributed by atoms with Crippen LogP contribution >= 0.6 is 0 Å². The van der Waals surface area contributed by atoms with Crippen LogP contribution in [0, 0.1) is 6.92 Å². The quantitative estimate of drug-likeness (QED) is 0.320. The third-order valence-corrected chi connectivity index (χ3v) is 7.26. The summed E-state index contributed by atoms with van der Waals surface area (Å²) in [5.41, 5.74) is 10.1. The van der Waals surface area contributed by atoms with Crippen LogP contribution in [0.1, 0.15) is 83.5 Å². The number of benzene rings is 1. The molecule has 3 rings (SSSR count). The highest BCUT2D eigenvalue weighted by Gasteiger charge is 2.34. The van der Waals surface area contributed by atoms with Crippen LogP contribution in [0.3, 0.4) is 0 Å². The average Bonchev–Trinajstić information content (AvgIpc) is 3.08. The lowest BCUT2D eigenvalue weighted by Crippen LogP contribution is -2.15. The molecule has 0 N–H and O–H groups in total. The first-order valence-corrected chi connectivity index (χ1v) is 13.3. The van der Waals surface area contributed by atoms with Crippen molar-refractivity contribution in [2.45, 2.75) is 67.2 Å². The normalized spacial score (nSPS) is 16.1. The summed E-state index contributed by atoms with van der Waals surface area (Å²) < 4.78 is 0. The molecule has 0 amide bonds. The minimum atomic E-state index is -0.00275. The monoisotopic (exact) mass is 503 g/mol. The first-order valence-electron chi connectivity index (χ1n) is 13.3. The molecule has 0 fully saturated rings. The first-order chi connectivity index (χ1) is 18.0. The molecule has 196 valence electrons. The molecule has 0 aliphatic heterocycles. The maximum atomic E-state index is 4.83. The van der Waals surface area contributed by atoms with Crippen molar-refractivity contribution in [2.75, 3.05) is 0 Å². The Labute approximate surface area is 229 Å². The summed E-state index contributed by atoms with van der Waals surface area (Å²) in [5, 5.41) is 0. The van der Waals surface area contributed by atoms with Crippen LogP contribution < -0.4 is 0 Å². The molecule has 3 nitrogen and oxygen atoms in total. The lowest BCUT2D eigenvalue weighted by atomic mass is 9.82. The average molecular weight is 504 g/mol. The summed E-state index contributed by atoms with van der Waals surface area (Å²) in [6.45, 7) is 25.5. The topological polar surface area (TPSA) is 38.7 Å². The van der Waals surface area contributed by atoms with Gasteiger partial charge in [-0.1, -0.05) is 106 Å². The fourth-order valence-electron chi connectivity index (χ4n) is 4.71. The second-order valence-corrected chi connectivity index (χ2v) is 10.2. The van der Waals surface area contributed by atoms with E-state index in [4.69, 9.17) is 4.98 Å². The van der Waals surface area contributed by atoms with Crippen molar-refractivity contribution in [3.05, 3.63) is 131 Å². The molecule has 1 aliphatic carbocycles. The van der Waals surface area contributed by atoms with E-state index in [0.29, 0.717) is 17.5 Å². The number of allylic oxidation sites excluding steroid dienone is 14. The predicted molar refractivity (Wildman–Crippen MR) is 165 cm³/mol. The van der Waals surface area contributed by atoms with E-state index in [2.05, 4.69) is 100 Å². The zero-order valence-electron chi connectivity index (χ0n) is 24.3. The number of fused-ring (bicyclic) bond motifs is 1. The van der Waals surface area contributed by atoms with E-state index in [1.54, 1.807) is 0 Å². The van der Waals surface area contributed by atoms with Gasteiger partial charge in [-0.3, -0.25) is 0 Å². The third kappa shape index (κ3) is 5.99. The largest absolute Gasteiger partial charge is 0.213 e. The molecule has 3 heteroatoms. The zero-order chi connectivity index (χ0) is 28.0. The molecule has 0 atom stereocenters. The number of nitrogens with zero attached hydrogens (tertiary/aromatic N) is 3. The fourth-order valence-corrected chi connectivity index (χ4v) is 4.71. The Morgan fingerprint density at radius 1 is 0.947 bits per heavy atom. The molecular formula is C35H41N3. The van der Waals surface area contributed by atoms with E-state index in [1.165, 1.54) is 22.3 Å². The van der Waals surface area contributed by atoms with Gasteiger partial charge in [-0.15, -0.1) is 0 Å². The van der Waals surface area contributed by atoms with Crippen LogP contribution in [0.2, 0.25) is 0 Å². The smallest absolute Gasteiger partial charge is 0.163 e. The molecule has 0 radical (unpaired) electrons. The highest BCUT2D eigenvalue weighted by Crippen LogP contribution is 2.46. The molecule has 0 unspecified atom stereocenters. The van der Waals surface area contributed by atoms with Gasteiger partial charge in [0.1, 0.15) is 5.82 Å². The van der Waals surface area contributed by atoms with Gasteiger partial charge in [-0.05, 0) is 74.5 Å². The second-order valence-electron chi connectivity index (χ2n) is 10.2. The summed E-state index contributed by atoms with van der Waals surface area (Å²) in [6.07, 6.45) is 15.5. The number of aromatic nitrogens is 3. The van der Waals surface area contributed by atoms with Crippen LogP contribution in [0.15, 0.2) is 102 Å². The van der Waals surface area contributed by atoms with E-state index in [0.717, 1.165) is 34.3 Å². The maximum absolute atomic E-state index is 4.83. The summed E-state index contributed by atoms with van der Waals surface area (Å²) in [5.74, 6) is 1.88. The Morgan fingerprint density at radius 2 is 1.63 bits per heavy atom. The van der Waals surface area contributed by atoms with Crippen molar-refractivity contribution in [3.63, 3.8) is 0 Å². The highest BCUT2D eigenvalue weighted by atomic mass is 15.0. The number of hydrogen-bond acceptors (Lipinski definition) is 3.